The number of carbonyl (C=O) groups excluding carboxylic acids is 1. The lowest BCUT2D eigenvalue weighted by Gasteiger charge is -2.18. The third-order valence-corrected chi connectivity index (χ3v) is 6.78. The molecule has 2 N–H and O–H groups in total. The summed E-state index contributed by atoms with van der Waals surface area (Å²) >= 11 is 5.29. The summed E-state index contributed by atoms with van der Waals surface area (Å²) < 4.78 is 5.87. The number of hydrogen-bond donors (Lipinski definition) is 2. The number of rotatable bonds is 7. The second kappa shape index (κ2) is 11.0. The molecule has 0 radical (unpaired) electrons. The number of hydrogen-bond acceptors (Lipinski definition) is 7. The number of aryl methyl sites for hydroxylation is 1. The van der Waals surface area contributed by atoms with Gasteiger partial charge in [0.1, 0.15) is 11.2 Å². The molecule has 1 aromatic heterocycles. The Kier molecular flexibility index (Phi) is 7.32. The molecule has 9 nitrogen and oxygen atoms in total. The van der Waals surface area contributed by atoms with Gasteiger partial charge in [-0.1, -0.05) is 25.1 Å². The van der Waals surface area contributed by atoms with E-state index in [0.29, 0.717) is 23.7 Å². The van der Waals surface area contributed by atoms with Gasteiger partial charge in [0.15, 0.2) is 16.6 Å². The molecule has 0 aliphatic carbocycles. The molecule has 0 atom stereocenters. The number of nitro benzene ring substituents is 1. The molecule has 0 spiro atoms. The molecule has 2 heterocycles. The summed E-state index contributed by atoms with van der Waals surface area (Å²) in [6.07, 6.45) is 3.48. The van der Waals surface area contributed by atoms with Crippen molar-refractivity contribution in [2.45, 2.75) is 32.6 Å². The minimum absolute atomic E-state index is 0.0845. The molecule has 10 heteroatoms. The molecule has 38 heavy (non-hydrogen) atoms. The maximum absolute atomic E-state index is 12.7. The van der Waals surface area contributed by atoms with Crippen molar-refractivity contribution in [3.05, 3.63) is 93.4 Å². The number of oxazole rings is 1. The van der Waals surface area contributed by atoms with Gasteiger partial charge in [-0.2, -0.15) is 0 Å². The van der Waals surface area contributed by atoms with E-state index in [2.05, 4.69) is 22.5 Å². The Morgan fingerprint density at radius 2 is 1.82 bits per heavy atom. The van der Waals surface area contributed by atoms with Crippen LogP contribution in [0.1, 0.15) is 47.1 Å². The predicted molar refractivity (Wildman–Crippen MR) is 151 cm³/mol. The van der Waals surface area contributed by atoms with Crippen molar-refractivity contribution in [1.82, 2.24) is 10.3 Å². The first-order valence-electron chi connectivity index (χ1n) is 12.5. The smallest absolute Gasteiger partial charge is 0.293 e. The number of carbonyl (C=O) groups is 1. The number of thiocarbonyl (C=S) groups is 1. The topological polar surface area (TPSA) is 114 Å². The number of nitrogens with zero attached hydrogens (tertiary/aromatic N) is 3. The van der Waals surface area contributed by atoms with Crippen LogP contribution in [0.2, 0.25) is 0 Å². The fourth-order valence-electron chi connectivity index (χ4n) is 4.57. The maximum Gasteiger partial charge on any atom is 0.293 e. The highest BCUT2D eigenvalue weighted by molar-refractivity contribution is 7.80. The van der Waals surface area contributed by atoms with E-state index in [-0.39, 0.29) is 16.4 Å². The van der Waals surface area contributed by atoms with Gasteiger partial charge in [-0.25, -0.2) is 4.98 Å². The van der Waals surface area contributed by atoms with Crippen LogP contribution in [-0.2, 0) is 12.8 Å². The van der Waals surface area contributed by atoms with Gasteiger partial charge in [0.25, 0.3) is 11.6 Å². The number of nitro groups is 1. The van der Waals surface area contributed by atoms with Gasteiger partial charge in [0.05, 0.1) is 4.92 Å². The Bertz CT molecular complexity index is 1510. The number of aromatic nitrogens is 1. The van der Waals surface area contributed by atoms with Crippen molar-refractivity contribution in [1.29, 1.82) is 0 Å². The molecule has 1 amide bonds. The summed E-state index contributed by atoms with van der Waals surface area (Å²) in [5, 5.41) is 17.3. The van der Waals surface area contributed by atoms with Gasteiger partial charge in [0, 0.05) is 36.8 Å². The lowest BCUT2D eigenvalue weighted by atomic mass is 10.1. The Morgan fingerprint density at radius 3 is 2.53 bits per heavy atom. The lowest BCUT2D eigenvalue weighted by molar-refractivity contribution is -0.384. The van der Waals surface area contributed by atoms with Gasteiger partial charge in [0.2, 0.25) is 0 Å². The lowest BCUT2D eigenvalue weighted by Crippen LogP contribution is -2.34. The van der Waals surface area contributed by atoms with E-state index in [0.717, 1.165) is 49.0 Å². The van der Waals surface area contributed by atoms with E-state index in [1.807, 2.05) is 47.4 Å². The van der Waals surface area contributed by atoms with Crippen molar-refractivity contribution < 1.29 is 14.1 Å². The third-order valence-electron chi connectivity index (χ3n) is 6.58. The SMILES string of the molecule is CCc1ccc2oc(Cc3ccc(NC(=S)NC(=O)c4ccc(N5CCCC5)c([N+](=O)[O-])c4)cc3)nc2c1. The highest BCUT2D eigenvalue weighted by atomic mass is 32.1. The van der Waals surface area contributed by atoms with Gasteiger partial charge in [-0.05, 0) is 79.0 Å². The fourth-order valence-corrected chi connectivity index (χ4v) is 4.78. The van der Waals surface area contributed by atoms with Crippen LogP contribution >= 0.6 is 12.2 Å². The zero-order chi connectivity index (χ0) is 26.6. The van der Waals surface area contributed by atoms with Crippen LogP contribution in [0.3, 0.4) is 0 Å². The molecule has 194 valence electrons. The third kappa shape index (κ3) is 5.65. The zero-order valence-corrected chi connectivity index (χ0v) is 21.7. The average molecular weight is 530 g/mol. The van der Waals surface area contributed by atoms with E-state index in [1.54, 1.807) is 12.1 Å². The van der Waals surface area contributed by atoms with Gasteiger partial charge >= 0.3 is 0 Å². The summed E-state index contributed by atoms with van der Waals surface area (Å²) in [7, 11) is 0. The second-order valence-electron chi connectivity index (χ2n) is 9.20. The normalized spacial score (nSPS) is 13.0. The number of anilines is 2. The van der Waals surface area contributed by atoms with E-state index < -0.39 is 10.8 Å². The highest BCUT2D eigenvalue weighted by Crippen LogP contribution is 2.31. The van der Waals surface area contributed by atoms with E-state index in [4.69, 9.17) is 16.6 Å². The molecule has 0 saturated carbocycles. The summed E-state index contributed by atoms with van der Waals surface area (Å²) in [4.78, 5) is 30.5. The number of nitrogens with one attached hydrogen (secondary N) is 2. The fraction of sp³-hybridized carbons (Fsp3) is 0.250. The minimum atomic E-state index is -0.516. The molecule has 1 aliphatic rings. The van der Waals surface area contributed by atoms with Crippen LogP contribution in [0.4, 0.5) is 17.1 Å². The molecule has 0 bridgehead atoms. The van der Waals surface area contributed by atoms with Gasteiger partial charge < -0.3 is 14.6 Å². The molecule has 3 aromatic carbocycles. The number of fused-ring (bicyclic) bond motifs is 1. The standard InChI is InChI=1S/C28H27N5O4S/c1-2-18-7-12-25-22(15-18)30-26(37-25)16-19-5-9-21(10-6-19)29-28(38)31-27(34)20-8-11-23(24(17-20)33(35)36)32-13-3-4-14-32/h5-12,15,17H,2-4,13-14,16H2,1H3,(H2,29,31,34,38). The quantitative estimate of drug-likeness (QED) is 0.180. The summed E-state index contributed by atoms with van der Waals surface area (Å²) in [6.45, 7) is 3.65. The minimum Gasteiger partial charge on any atom is -0.440 e. The van der Waals surface area contributed by atoms with Crippen LogP contribution in [0.5, 0.6) is 0 Å². The molecule has 1 fully saturated rings. The van der Waals surface area contributed by atoms with Gasteiger partial charge in [-0.3, -0.25) is 20.2 Å². The largest absolute Gasteiger partial charge is 0.440 e. The summed E-state index contributed by atoms with van der Waals surface area (Å²) in [5.74, 6) is 0.124. The number of benzene rings is 3. The van der Waals surface area contributed by atoms with Crippen molar-refractivity contribution in [2.24, 2.45) is 0 Å². The first-order chi connectivity index (χ1) is 18.4. The van der Waals surface area contributed by atoms with E-state index in [1.165, 1.54) is 11.6 Å². The molecular formula is C28H27N5O4S. The van der Waals surface area contributed by atoms with Crippen molar-refractivity contribution >= 4 is 51.4 Å². The molecular weight excluding hydrogens is 502 g/mol. The Balaban J connectivity index is 1.20. The van der Waals surface area contributed by atoms with Crippen LogP contribution in [-0.4, -0.2) is 34.0 Å². The molecule has 1 aliphatic heterocycles. The zero-order valence-electron chi connectivity index (χ0n) is 20.9. The average Bonchev–Trinajstić information content (AvgIpc) is 3.59. The summed E-state index contributed by atoms with van der Waals surface area (Å²) in [6, 6.07) is 18.1. The Labute approximate surface area is 225 Å². The molecule has 4 aromatic rings. The predicted octanol–water partition coefficient (Wildman–Crippen LogP) is 5.62. The van der Waals surface area contributed by atoms with Gasteiger partial charge in [-0.15, -0.1) is 0 Å². The Hall–Kier alpha value is -4.31. The van der Waals surface area contributed by atoms with Crippen molar-refractivity contribution in [2.75, 3.05) is 23.3 Å². The van der Waals surface area contributed by atoms with Crippen LogP contribution in [0.15, 0.2) is 65.1 Å². The van der Waals surface area contributed by atoms with E-state index in [9.17, 15) is 14.9 Å². The summed E-state index contributed by atoms with van der Waals surface area (Å²) in [5.41, 5.74) is 5.17. The van der Waals surface area contributed by atoms with Crippen molar-refractivity contribution in [3.8, 4) is 0 Å². The van der Waals surface area contributed by atoms with Crippen LogP contribution in [0, 0.1) is 10.1 Å². The second-order valence-corrected chi connectivity index (χ2v) is 9.61. The molecule has 1 saturated heterocycles. The first-order valence-corrected chi connectivity index (χ1v) is 12.9. The Morgan fingerprint density at radius 1 is 1.08 bits per heavy atom. The van der Waals surface area contributed by atoms with E-state index >= 15 is 0 Å². The van der Waals surface area contributed by atoms with Crippen molar-refractivity contribution in [3.63, 3.8) is 0 Å². The first kappa shape index (κ1) is 25.3. The molecule has 5 rings (SSSR count). The monoisotopic (exact) mass is 529 g/mol. The number of amides is 1. The molecule has 0 unspecified atom stereocenters. The van der Waals surface area contributed by atoms with Crippen LogP contribution in [0.25, 0.3) is 11.1 Å². The highest BCUT2D eigenvalue weighted by Gasteiger charge is 2.24. The van der Waals surface area contributed by atoms with Crippen LogP contribution < -0.4 is 15.5 Å². The maximum atomic E-state index is 12.7.